The second-order valence-corrected chi connectivity index (χ2v) is 9.23. The third kappa shape index (κ3) is 5.71. The summed E-state index contributed by atoms with van der Waals surface area (Å²) in [6, 6.07) is 6.34. The molecule has 1 aliphatic rings. The smallest absolute Gasteiger partial charge is 0.274 e. The first-order valence-electron chi connectivity index (χ1n) is 9.48. The maximum Gasteiger partial charge on any atom is 0.274 e. The second kappa shape index (κ2) is 9.59. The van der Waals surface area contributed by atoms with E-state index in [4.69, 9.17) is 0 Å². The lowest BCUT2D eigenvalue weighted by molar-refractivity contribution is -0.385. The lowest BCUT2D eigenvalue weighted by Crippen LogP contribution is -2.56. The van der Waals surface area contributed by atoms with Gasteiger partial charge in [-0.3, -0.25) is 10.1 Å². The molecule has 1 unspecified atom stereocenters. The number of rotatable bonds is 9. The van der Waals surface area contributed by atoms with Crippen LogP contribution in [-0.4, -0.2) is 54.7 Å². The molecule has 1 aliphatic heterocycles. The molecule has 9 heteroatoms. The van der Waals surface area contributed by atoms with Crippen LogP contribution in [0.3, 0.4) is 0 Å². The van der Waals surface area contributed by atoms with E-state index in [-0.39, 0.29) is 28.3 Å². The summed E-state index contributed by atoms with van der Waals surface area (Å²) in [5.41, 5.74) is 0.644. The SMILES string of the molecule is CCCCN(N1CCNC(c2ccccc2[N+](=O)[O-])C1)S(=O)(=O)CC(C)C. The zero-order valence-corrected chi connectivity index (χ0v) is 17.1. The van der Waals surface area contributed by atoms with Crippen molar-refractivity contribution in [1.29, 1.82) is 0 Å². The quantitative estimate of drug-likeness (QED) is 0.507. The lowest BCUT2D eigenvalue weighted by atomic mass is 10.0. The highest BCUT2D eigenvalue weighted by Crippen LogP contribution is 2.28. The largest absolute Gasteiger partial charge is 0.307 e. The van der Waals surface area contributed by atoms with Crippen LogP contribution >= 0.6 is 0 Å². The average Bonchev–Trinajstić information content (AvgIpc) is 2.61. The minimum Gasteiger partial charge on any atom is -0.307 e. The molecule has 0 amide bonds. The molecule has 0 radical (unpaired) electrons. The number of piperazine rings is 1. The molecule has 2 rings (SSSR count). The van der Waals surface area contributed by atoms with E-state index in [0.29, 0.717) is 31.7 Å². The Balaban J connectivity index is 2.27. The van der Waals surface area contributed by atoms with E-state index in [1.165, 1.54) is 10.5 Å². The first-order chi connectivity index (χ1) is 12.8. The number of unbranched alkanes of at least 4 members (excludes halogenated alkanes) is 1. The van der Waals surface area contributed by atoms with E-state index >= 15 is 0 Å². The van der Waals surface area contributed by atoms with Gasteiger partial charge in [0.15, 0.2) is 0 Å². The van der Waals surface area contributed by atoms with Crippen LogP contribution in [0.4, 0.5) is 5.69 Å². The van der Waals surface area contributed by atoms with Crippen molar-refractivity contribution in [3.63, 3.8) is 0 Å². The van der Waals surface area contributed by atoms with Crippen LogP contribution < -0.4 is 5.32 Å². The molecule has 8 nitrogen and oxygen atoms in total. The van der Waals surface area contributed by atoms with Crippen LogP contribution in [0.25, 0.3) is 0 Å². The minimum atomic E-state index is -3.43. The van der Waals surface area contributed by atoms with Crippen LogP contribution in [0.5, 0.6) is 0 Å². The normalized spacial score (nSPS) is 18.9. The molecule has 0 spiro atoms. The standard InChI is InChI=1S/C18H30N4O4S/c1-4-5-11-21(27(25,26)14-15(2)3)20-12-10-19-17(13-20)16-8-6-7-9-18(16)22(23)24/h6-9,15,17,19H,4-5,10-14H2,1-3H3. The molecule has 1 atom stereocenters. The van der Waals surface area contributed by atoms with Gasteiger partial charge in [-0.15, -0.1) is 4.41 Å². The van der Waals surface area contributed by atoms with Crippen LogP contribution in [0.1, 0.15) is 45.2 Å². The minimum absolute atomic E-state index is 0.0352. The van der Waals surface area contributed by atoms with Gasteiger partial charge < -0.3 is 5.32 Å². The number of hydrogen-bond donors (Lipinski definition) is 1. The molecule has 1 fully saturated rings. The average molecular weight is 399 g/mol. The molecule has 1 N–H and O–H groups in total. The van der Waals surface area contributed by atoms with Crippen LogP contribution in [0.15, 0.2) is 24.3 Å². The molecular formula is C18H30N4O4S. The Hall–Kier alpha value is -1.55. The molecule has 0 aliphatic carbocycles. The Morgan fingerprint density at radius 2 is 2.07 bits per heavy atom. The Morgan fingerprint density at radius 1 is 1.37 bits per heavy atom. The van der Waals surface area contributed by atoms with Crippen molar-refractivity contribution in [3.8, 4) is 0 Å². The summed E-state index contributed by atoms with van der Waals surface area (Å²) in [6.45, 7) is 7.75. The van der Waals surface area contributed by atoms with Crippen molar-refractivity contribution in [2.45, 2.75) is 39.7 Å². The fourth-order valence-corrected chi connectivity index (χ4v) is 5.27. The number of nitro groups is 1. The Bertz CT molecular complexity index is 739. The lowest BCUT2D eigenvalue weighted by Gasteiger charge is -2.40. The highest BCUT2D eigenvalue weighted by atomic mass is 32.2. The van der Waals surface area contributed by atoms with Crippen molar-refractivity contribution in [3.05, 3.63) is 39.9 Å². The Kier molecular flexibility index (Phi) is 7.72. The van der Waals surface area contributed by atoms with Gasteiger partial charge in [0.2, 0.25) is 10.0 Å². The number of sulfonamides is 1. The van der Waals surface area contributed by atoms with E-state index in [0.717, 1.165) is 12.8 Å². The number of hydrogen-bond acceptors (Lipinski definition) is 6. The highest BCUT2D eigenvalue weighted by Gasteiger charge is 2.34. The molecule has 0 bridgehead atoms. The van der Waals surface area contributed by atoms with Crippen molar-refractivity contribution in [2.24, 2.45) is 5.92 Å². The summed E-state index contributed by atoms with van der Waals surface area (Å²) in [5.74, 6) is 0.129. The zero-order chi connectivity index (χ0) is 20.0. The van der Waals surface area contributed by atoms with Crippen LogP contribution in [0.2, 0.25) is 0 Å². The summed E-state index contributed by atoms with van der Waals surface area (Å²) in [5, 5.41) is 16.5. The molecule has 1 aromatic carbocycles. The van der Waals surface area contributed by atoms with Crippen molar-refractivity contribution in [2.75, 3.05) is 31.9 Å². The number of nitrogens with zero attached hydrogens (tertiary/aromatic N) is 3. The monoisotopic (exact) mass is 398 g/mol. The van der Waals surface area contributed by atoms with Crippen LogP contribution in [0, 0.1) is 16.0 Å². The molecule has 1 saturated heterocycles. The third-order valence-electron chi connectivity index (χ3n) is 4.55. The number of nitro benzene ring substituents is 1. The van der Waals surface area contributed by atoms with E-state index in [1.54, 1.807) is 18.2 Å². The van der Waals surface area contributed by atoms with Gasteiger partial charge >= 0.3 is 0 Å². The molecule has 0 aromatic heterocycles. The van der Waals surface area contributed by atoms with Gasteiger partial charge in [0.25, 0.3) is 5.69 Å². The first kappa shape index (κ1) is 21.7. The molecule has 27 heavy (non-hydrogen) atoms. The van der Waals surface area contributed by atoms with Gasteiger partial charge in [0, 0.05) is 37.8 Å². The molecule has 0 saturated carbocycles. The Morgan fingerprint density at radius 3 is 2.70 bits per heavy atom. The molecule has 1 heterocycles. The van der Waals surface area contributed by atoms with E-state index in [1.807, 2.05) is 25.8 Å². The second-order valence-electron chi connectivity index (χ2n) is 7.31. The fourth-order valence-electron chi connectivity index (χ4n) is 3.35. The Labute approximate surface area is 161 Å². The van der Waals surface area contributed by atoms with Crippen molar-refractivity contribution >= 4 is 15.7 Å². The van der Waals surface area contributed by atoms with Gasteiger partial charge in [-0.1, -0.05) is 45.4 Å². The molecule has 152 valence electrons. The number of para-hydroxylation sites is 1. The summed E-state index contributed by atoms with van der Waals surface area (Å²) in [4.78, 5) is 11.0. The summed E-state index contributed by atoms with van der Waals surface area (Å²) in [6.07, 6.45) is 1.67. The number of benzene rings is 1. The third-order valence-corrected chi connectivity index (χ3v) is 6.69. The van der Waals surface area contributed by atoms with Gasteiger partial charge in [-0.2, -0.15) is 0 Å². The predicted octanol–water partition coefficient (Wildman–Crippen LogP) is 2.54. The summed E-state index contributed by atoms with van der Waals surface area (Å²) in [7, 11) is -3.43. The topological polar surface area (TPSA) is 95.8 Å². The van der Waals surface area contributed by atoms with E-state index in [2.05, 4.69) is 5.32 Å². The molecule has 1 aromatic rings. The van der Waals surface area contributed by atoms with Gasteiger partial charge in [0.05, 0.1) is 16.7 Å². The highest BCUT2D eigenvalue weighted by molar-refractivity contribution is 7.89. The van der Waals surface area contributed by atoms with Gasteiger partial charge in [-0.25, -0.2) is 13.4 Å². The maximum absolute atomic E-state index is 12.9. The number of nitrogens with one attached hydrogen (secondary N) is 1. The maximum atomic E-state index is 12.9. The fraction of sp³-hybridized carbons (Fsp3) is 0.667. The van der Waals surface area contributed by atoms with Crippen molar-refractivity contribution < 1.29 is 13.3 Å². The zero-order valence-electron chi connectivity index (χ0n) is 16.3. The van der Waals surface area contributed by atoms with Gasteiger partial charge in [-0.05, 0) is 12.3 Å². The van der Waals surface area contributed by atoms with Crippen LogP contribution in [-0.2, 0) is 10.0 Å². The first-order valence-corrected chi connectivity index (χ1v) is 11.1. The predicted molar refractivity (Wildman–Crippen MR) is 106 cm³/mol. The molecular weight excluding hydrogens is 368 g/mol. The number of hydrazine groups is 1. The summed E-state index contributed by atoms with van der Waals surface area (Å²) < 4.78 is 27.3. The van der Waals surface area contributed by atoms with E-state index in [9.17, 15) is 18.5 Å². The van der Waals surface area contributed by atoms with E-state index < -0.39 is 10.0 Å². The van der Waals surface area contributed by atoms with Gasteiger partial charge in [0.1, 0.15) is 0 Å². The van der Waals surface area contributed by atoms with Crippen molar-refractivity contribution in [1.82, 2.24) is 14.7 Å². The summed E-state index contributed by atoms with van der Waals surface area (Å²) >= 11 is 0.